The highest BCUT2D eigenvalue weighted by Crippen LogP contribution is 2.33. The molecule has 184 valence electrons. The number of rotatable bonds is 5. The molecule has 0 bridgehead atoms. The van der Waals surface area contributed by atoms with Crippen molar-refractivity contribution in [2.24, 2.45) is 0 Å². The van der Waals surface area contributed by atoms with Gasteiger partial charge in [0.25, 0.3) is 0 Å². The lowest BCUT2D eigenvalue weighted by atomic mass is 10.1. The van der Waals surface area contributed by atoms with Crippen LogP contribution in [0.15, 0.2) is 54.9 Å². The molecule has 6 rings (SSSR count). The Labute approximate surface area is 212 Å². The predicted octanol–water partition coefficient (Wildman–Crippen LogP) is 3.45. The van der Waals surface area contributed by atoms with Gasteiger partial charge in [-0.05, 0) is 62.4 Å². The zero-order chi connectivity index (χ0) is 25.5. The van der Waals surface area contributed by atoms with Gasteiger partial charge in [0, 0.05) is 23.4 Å². The number of fused-ring (bicyclic) bond motifs is 1. The number of ether oxygens (including phenoxy) is 1. The average molecular weight is 494 g/mol. The van der Waals surface area contributed by atoms with Crippen LogP contribution in [0.1, 0.15) is 35.2 Å². The van der Waals surface area contributed by atoms with Crippen molar-refractivity contribution in [2.45, 2.75) is 32.5 Å². The molecule has 37 heavy (non-hydrogen) atoms. The van der Waals surface area contributed by atoms with Gasteiger partial charge in [-0.2, -0.15) is 15.5 Å². The largest absolute Gasteiger partial charge is 0.391 e. The second-order valence-electron chi connectivity index (χ2n) is 8.99. The van der Waals surface area contributed by atoms with Crippen molar-refractivity contribution in [1.82, 2.24) is 34.5 Å². The van der Waals surface area contributed by atoms with Gasteiger partial charge < -0.3 is 15.2 Å². The van der Waals surface area contributed by atoms with Crippen LogP contribution in [0.25, 0.3) is 22.7 Å². The van der Waals surface area contributed by atoms with Crippen molar-refractivity contribution < 1.29 is 9.84 Å². The minimum Gasteiger partial charge on any atom is -0.391 e. The Hall–Kier alpha value is -4.66. The third kappa shape index (κ3) is 4.29. The van der Waals surface area contributed by atoms with Crippen LogP contribution in [0.2, 0.25) is 0 Å². The van der Waals surface area contributed by atoms with Crippen LogP contribution in [-0.4, -0.2) is 52.3 Å². The summed E-state index contributed by atoms with van der Waals surface area (Å²) >= 11 is 0. The molecule has 0 aliphatic carbocycles. The molecule has 1 fully saturated rings. The number of nitrogens with one attached hydrogen (secondary N) is 1. The van der Waals surface area contributed by atoms with Crippen molar-refractivity contribution >= 4 is 22.5 Å². The molecule has 1 aromatic carbocycles. The fourth-order valence-electron chi connectivity index (χ4n) is 4.46. The number of aliphatic hydroxyl groups is 1. The summed E-state index contributed by atoms with van der Waals surface area (Å²) in [5.41, 5.74) is 5.18. The topological polar surface area (TPSA) is 140 Å². The second-order valence-corrected chi connectivity index (χ2v) is 8.99. The van der Waals surface area contributed by atoms with Crippen molar-refractivity contribution in [3.05, 3.63) is 77.5 Å². The molecule has 1 saturated heterocycles. The number of aryl methyl sites for hydroxylation is 2. The molecule has 1 aliphatic rings. The summed E-state index contributed by atoms with van der Waals surface area (Å²) < 4.78 is 9.37. The molecular formula is C26H23N9O2. The van der Waals surface area contributed by atoms with E-state index in [2.05, 4.69) is 31.7 Å². The first-order valence-electron chi connectivity index (χ1n) is 11.8. The third-order valence-electron chi connectivity index (χ3n) is 6.28. The van der Waals surface area contributed by atoms with Crippen LogP contribution in [-0.2, 0) is 4.74 Å². The van der Waals surface area contributed by atoms with E-state index in [9.17, 15) is 10.4 Å². The lowest BCUT2D eigenvalue weighted by Gasteiger charge is -2.17. The number of imidazole rings is 1. The van der Waals surface area contributed by atoms with E-state index in [-0.39, 0.29) is 12.7 Å². The molecular weight excluding hydrogens is 470 g/mol. The molecule has 5 heterocycles. The lowest BCUT2D eigenvalue weighted by Crippen LogP contribution is -2.12. The maximum atomic E-state index is 10.0. The number of pyridine rings is 1. The SMILES string of the molecule is Cc1ccc(Nc2ccc3ncn(-c4ccc([C@H]5C[C@H](O)CO5)c(-n5nc(C#N)cc5C)n4)c3c2)nn1. The Bertz CT molecular complexity index is 1650. The lowest BCUT2D eigenvalue weighted by molar-refractivity contribution is 0.0886. The first-order chi connectivity index (χ1) is 18.0. The van der Waals surface area contributed by atoms with Crippen LogP contribution >= 0.6 is 0 Å². The molecule has 0 unspecified atom stereocenters. The number of hydrogen-bond donors (Lipinski definition) is 2. The van der Waals surface area contributed by atoms with Crippen molar-refractivity contribution in [2.75, 3.05) is 11.9 Å². The maximum Gasteiger partial charge on any atom is 0.163 e. The molecule has 4 aromatic heterocycles. The highest BCUT2D eigenvalue weighted by Gasteiger charge is 2.29. The van der Waals surface area contributed by atoms with E-state index in [0.717, 1.165) is 33.7 Å². The van der Waals surface area contributed by atoms with Gasteiger partial charge in [-0.1, -0.05) is 0 Å². The van der Waals surface area contributed by atoms with Crippen LogP contribution in [0.5, 0.6) is 0 Å². The van der Waals surface area contributed by atoms with Gasteiger partial charge in [-0.3, -0.25) is 4.57 Å². The number of aromatic nitrogens is 7. The Morgan fingerprint density at radius 2 is 2.00 bits per heavy atom. The second kappa shape index (κ2) is 9.09. The van der Waals surface area contributed by atoms with E-state index in [4.69, 9.17) is 9.72 Å². The smallest absolute Gasteiger partial charge is 0.163 e. The van der Waals surface area contributed by atoms with Crippen molar-refractivity contribution in [1.29, 1.82) is 5.26 Å². The zero-order valence-corrected chi connectivity index (χ0v) is 20.2. The number of nitriles is 1. The Kier molecular flexibility index (Phi) is 5.60. The highest BCUT2D eigenvalue weighted by atomic mass is 16.5. The van der Waals surface area contributed by atoms with E-state index < -0.39 is 6.10 Å². The van der Waals surface area contributed by atoms with Crippen LogP contribution in [0.4, 0.5) is 11.5 Å². The first kappa shape index (κ1) is 22.8. The van der Waals surface area contributed by atoms with E-state index >= 15 is 0 Å². The van der Waals surface area contributed by atoms with Crippen LogP contribution < -0.4 is 5.32 Å². The van der Waals surface area contributed by atoms with Crippen LogP contribution in [0, 0.1) is 25.2 Å². The van der Waals surface area contributed by atoms with Gasteiger partial charge in [0.05, 0.1) is 35.5 Å². The minimum atomic E-state index is -0.535. The number of hydrogen-bond acceptors (Lipinski definition) is 9. The van der Waals surface area contributed by atoms with Gasteiger partial charge in [0.2, 0.25) is 0 Å². The van der Waals surface area contributed by atoms with E-state index in [1.165, 1.54) is 0 Å². The molecule has 11 heteroatoms. The molecule has 0 radical (unpaired) electrons. The summed E-state index contributed by atoms with van der Waals surface area (Å²) in [6.45, 7) is 4.02. The average Bonchev–Trinajstić information content (AvgIpc) is 3.63. The Balaban J connectivity index is 1.44. The number of aliphatic hydroxyl groups excluding tert-OH is 1. The molecule has 0 amide bonds. The highest BCUT2D eigenvalue weighted by molar-refractivity contribution is 5.82. The molecule has 0 spiro atoms. The monoisotopic (exact) mass is 493 g/mol. The number of anilines is 2. The zero-order valence-electron chi connectivity index (χ0n) is 20.2. The maximum absolute atomic E-state index is 10.0. The van der Waals surface area contributed by atoms with Gasteiger partial charge in [0.15, 0.2) is 17.3 Å². The summed E-state index contributed by atoms with van der Waals surface area (Å²) in [5, 5.41) is 35.4. The fourth-order valence-corrected chi connectivity index (χ4v) is 4.46. The summed E-state index contributed by atoms with van der Waals surface area (Å²) in [7, 11) is 0. The molecule has 1 aliphatic heterocycles. The predicted molar refractivity (Wildman–Crippen MR) is 135 cm³/mol. The summed E-state index contributed by atoms with van der Waals surface area (Å²) in [6.07, 6.45) is 1.32. The molecule has 2 N–H and O–H groups in total. The van der Waals surface area contributed by atoms with Gasteiger partial charge in [-0.25, -0.2) is 14.6 Å². The minimum absolute atomic E-state index is 0.265. The Morgan fingerprint density at radius 3 is 2.73 bits per heavy atom. The molecule has 11 nitrogen and oxygen atoms in total. The van der Waals surface area contributed by atoms with E-state index in [0.29, 0.717) is 29.6 Å². The molecule has 2 atom stereocenters. The summed E-state index contributed by atoms with van der Waals surface area (Å²) in [6, 6.07) is 17.2. The van der Waals surface area contributed by atoms with Crippen LogP contribution in [0.3, 0.4) is 0 Å². The normalized spacial score (nSPS) is 17.2. The van der Waals surface area contributed by atoms with Gasteiger partial charge in [0.1, 0.15) is 18.2 Å². The molecule has 0 saturated carbocycles. The Morgan fingerprint density at radius 1 is 1.11 bits per heavy atom. The quantitative estimate of drug-likeness (QED) is 0.377. The fraction of sp³-hybridized carbons (Fsp3) is 0.231. The van der Waals surface area contributed by atoms with E-state index in [1.54, 1.807) is 17.1 Å². The first-order valence-corrected chi connectivity index (χ1v) is 11.8. The van der Waals surface area contributed by atoms with Gasteiger partial charge in [-0.15, -0.1) is 5.10 Å². The van der Waals surface area contributed by atoms with Gasteiger partial charge >= 0.3 is 0 Å². The third-order valence-corrected chi connectivity index (χ3v) is 6.28. The number of benzene rings is 1. The van der Waals surface area contributed by atoms with Crippen molar-refractivity contribution in [3.63, 3.8) is 0 Å². The summed E-state index contributed by atoms with van der Waals surface area (Å²) in [4.78, 5) is 9.49. The number of nitrogens with zero attached hydrogens (tertiary/aromatic N) is 8. The molecule has 5 aromatic rings. The summed E-state index contributed by atoms with van der Waals surface area (Å²) in [5.74, 6) is 1.81. The van der Waals surface area contributed by atoms with Crippen molar-refractivity contribution in [3.8, 4) is 17.7 Å². The standard InChI is InChI=1S/C26H23N9O2/c1-15-3-7-24(32-31-15)29-17-4-6-21-22(10-17)34(14-28-21)25-8-5-20(23-11-19(36)13-37-23)26(30-25)35-16(2)9-18(12-27)33-35/h3-10,14,19,23,36H,11,13H2,1-2H3,(H,29,32)/t19-,23+/m0/s1. The van der Waals surface area contributed by atoms with E-state index in [1.807, 2.05) is 60.9 Å².